The minimum Gasteiger partial charge on any atom is -0.372 e. The molecule has 0 unspecified atom stereocenters. The van der Waals surface area contributed by atoms with Crippen LogP contribution in [-0.4, -0.2) is 46.4 Å². The molecule has 1 saturated heterocycles. The maximum atomic E-state index is 12.7. The van der Waals surface area contributed by atoms with Gasteiger partial charge in [-0.25, -0.2) is 0 Å². The van der Waals surface area contributed by atoms with Crippen molar-refractivity contribution in [3.05, 3.63) is 30.5 Å². The molecule has 5 nitrogen and oxygen atoms in total. The highest BCUT2D eigenvalue weighted by Gasteiger charge is 2.26. The molecule has 0 bridgehead atoms. The first-order valence-corrected chi connectivity index (χ1v) is 9.08. The minimum absolute atomic E-state index is 0.0702. The van der Waals surface area contributed by atoms with Gasteiger partial charge >= 0.3 is 0 Å². The molecule has 1 fully saturated rings. The van der Waals surface area contributed by atoms with Crippen LogP contribution >= 0.6 is 11.8 Å². The van der Waals surface area contributed by atoms with Gasteiger partial charge in [-0.1, -0.05) is 18.2 Å². The summed E-state index contributed by atoms with van der Waals surface area (Å²) in [5.74, 6) is 0.509. The van der Waals surface area contributed by atoms with Crippen molar-refractivity contribution >= 4 is 28.6 Å². The van der Waals surface area contributed by atoms with E-state index < -0.39 is 0 Å². The fourth-order valence-electron chi connectivity index (χ4n) is 3.20. The molecule has 3 rings (SSSR count). The Hall–Kier alpha value is -1.97. The van der Waals surface area contributed by atoms with Crippen molar-refractivity contribution < 1.29 is 9.53 Å². The van der Waals surface area contributed by atoms with E-state index in [4.69, 9.17) is 10.00 Å². The van der Waals surface area contributed by atoms with Crippen molar-refractivity contribution in [3.8, 4) is 6.07 Å². The highest BCUT2D eigenvalue weighted by molar-refractivity contribution is 7.99. The third-order valence-electron chi connectivity index (χ3n) is 4.12. The molecule has 1 aromatic heterocycles. The number of aromatic nitrogens is 1. The average Bonchev–Trinajstić information content (AvgIpc) is 2.90. The van der Waals surface area contributed by atoms with Gasteiger partial charge in [0.05, 0.1) is 24.0 Å². The summed E-state index contributed by atoms with van der Waals surface area (Å²) in [6.45, 7) is 5.58. The Balaban J connectivity index is 1.82. The number of amides is 1. The molecule has 2 atom stereocenters. The second-order valence-electron chi connectivity index (χ2n) is 6.14. The van der Waals surface area contributed by atoms with Gasteiger partial charge in [-0.05, 0) is 19.9 Å². The van der Waals surface area contributed by atoms with Crippen molar-refractivity contribution in [2.24, 2.45) is 0 Å². The summed E-state index contributed by atoms with van der Waals surface area (Å²) in [6.07, 6.45) is 2.12. The predicted octanol–water partition coefficient (Wildman–Crippen LogP) is 2.89. The zero-order valence-electron chi connectivity index (χ0n) is 13.9. The number of thioether (sulfide) groups is 1. The number of carbonyl (C=O) groups excluding carboxylic acids is 1. The van der Waals surface area contributed by atoms with E-state index in [1.807, 2.05) is 53.8 Å². The van der Waals surface area contributed by atoms with Crippen LogP contribution in [0.3, 0.4) is 0 Å². The molecule has 2 aromatic rings. The number of nitrogens with zero attached hydrogens (tertiary/aromatic N) is 3. The second kappa shape index (κ2) is 7.29. The number of para-hydroxylation sites is 1. The average molecular weight is 343 g/mol. The van der Waals surface area contributed by atoms with Crippen molar-refractivity contribution in [3.63, 3.8) is 0 Å². The van der Waals surface area contributed by atoms with Gasteiger partial charge < -0.3 is 14.2 Å². The van der Waals surface area contributed by atoms with Crippen molar-refractivity contribution in [2.75, 3.05) is 18.8 Å². The molecule has 0 spiro atoms. The number of nitriles is 1. The highest BCUT2D eigenvalue weighted by Crippen LogP contribution is 2.30. The fraction of sp³-hybridized carbons (Fsp3) is 0.444. The van der Waals surface area contributed by atoms with Crippen molar-refractivity contribution in [1.29, 1.82) is 5.26 Å². The Morgan fingerprint density at radius 3 is 2.75 bits per heavy atom. The fourth-order valence-corrected chi connectivity index (χ4v) is 3.95. The smallest absolute Gasteiger partial charge is 0.242 e. The van der Waals surface area contributed by atoms with Crippen LogP contribution in [0.25, 0.3) is 10.9 Å². The Morgan fingerprint density at radius 1 is 1.33 bits per heavy atom. The number of fused-ring (bicyclic) bond motifs is 1. The lowest BCUT2D eigenvalue weighted by Crippen LogP contribution is -2.49. The van der Waals surface area contributed by atoms with E-state index in [0.717, 1.165) is 15.8 Å². The van der Waals surface area contributed by atoms with Crippen molar-refractivity contribution in [2.45, 2.75) is 37.5 Å². The van der Waals surface area contributed by atoms with Gasteiger partial charge in [0.15, 0.2) is 0 Å². The zero-order chi connectivity index (χ0) is 17.1. The summed E-state index contributed by atoms with van der Waals surface area (Å²) < 4.78 is 7.69. The number of hydrogen-bond donors (Lipinski definition) is 0. The Kier molecular flexibility index (Phi) is 5.12. The lowest BCUT2D eigenvalue weighted by Gasteiger charge is -2.35. The van der Waals surface area contributed by atoms with Crippen LogP contribution in [0, 0.1) is 11.3 Å². The maximum absolute atomic E-state index is 12.7. The highest BCUT2D eigenvalue weighted by atomic mass is 32.2. The lowest BCUT2D eigenvalue weighted by atomic mass is 10.2. The summed E-state index contributed by atoms with van der Waals surface area (Å²) in [4.78, 5) is 15.6. The molecule has 0 aliphatic carbocycles. The van der Waals surface area contributed by atoms with Crippen molar-refractivity contribution in [1.82, 2.24) is 9.47 Å². The quantitative estimate of drug-likeness (QED) is 0.801. The van der Waals surface area contributed by atoms with Gasteiger partial charge in [-0.3, -0.25) is 4.79 Å². The van der Waals surface area contributed by atoms with Crippen LogP contribution in [0.1, 0.15) is 13.8 Å². The topological polar surface area (TPSA) is 58.3 Å². The number of benzene rings is 1. The van der Waals surface area contributed by atoms with Gasteiger partial charge in [0, 0.05) is 35.1 Å². The molecular weight excluding hydrogens is 322 g/mol. The Bertz CT molecular complexity index is 770. The van der Waals surface area contributed by atoms with Crippen LogP contribution in [0.15, 0.2) is 35.4 Å². The molecule has 126 valence electrons. The molecule has 0 saturated carbocycles. The standard InChI is InChI=1S/C18H21N3O2S/c1-13-9-21(10-14(2)23-13)18(22)12-20-11-17(24-8-7-19)15-5-3-4-6-16(15)20/h3-6,11,13-14H,8-10,12H2,1-2H3/t13-,14-/m0/s1. The van der Waals surface area contributed by atoms with Gasteiger partial charge in [0.25, 0.3) is 0 Å². The molecule has 2 heterocycles. The lowest BCUT2D eigenvalue weighted by molar-refractivity contribution is -0.143. The summed E-state index contributed by atoms with van der Waals surface area (Å²) in [6, 6.07) is 10.2. The summed E-state index contributed by atoms with van der Waals surface area (Å²) in [7, 11) is 0. The maximum Gasteiger partial charge on any atom is 0.242 e. The molecule has 0 radical (unpaired) electrons. The van der Waals surface area contributed by atoms with Crippen LogP contribution in [-0.2, 0) is 16.1 Å². The first kappa shape index (κ1) is 16.9. The van der Waals surface area contributed by atoms with Gasteiger partial charge in [-0.15, -0.1) is 11.8 Å². The van der Waals surface area contributed by atoms with Crippen LogP contribution < -0.4 is 0 Å². The molecular formula is C18H21N3O2S. The van der Waals surface area contributed by atoms with E-state index >= 15 is 0 Å². The van der Waals surface area contributed by atoms with E-state index in [9.17, 15) is 4.79 Å². The monoisotopic (exact) mass is 343 g/mol. The molecule has 0 N–H and O–H groups in total. The minimum atomic E-state index is 0.0702. The number of rotatable bonds is 4. The van der Waals surface area contributed by atoms with E-state index in [0.29, 0.717) is 25.4 Å². The number of ether oxygens (including phenoxy) is 1. The van der Waals surface area contributed by atoms with Gasteiger partial charge in [0.1, 0.15) is 6.54 Å². The largest absolute Gasteiger partial charge is 0.372 e. The number of morpholine rings is 1. The molecule has 1 aliphatic heterocycles. The summed E-state index contributed by atoms with van der Waals surface area (Å²) in [5, 5.41) is 9.91. The first-order chi connectivity index (χ1) is 11.6. The number of hydrogen-bond acceptors (Lipinski definition) is 4. The number of carbonyl (C=O) groups is 1. The van der Waals surface area contributed by atoms with E-state index in [1.165, 1.54) is 11.8 Å². The molecule has 24 heavy (non-hydrogen) atoms. The van der Waals surface area contributed by atoms with Crippen LogP contribution in [0.4, 0.5) is 0 Å². The third-order valence-corrected chi connectivity index (χ3v) is 5.03. The third kappa shape index (κ3) is 3.58. The normalized spacial score (nSPS) is 21.0. The van der Waals surface area contributed by atoms with Gasteiger partial charge in [-0.2, -0.15) is 5.26 Å². The SMILES string of the molecule is C[C@H]1CN(C(=O)Cn2cc(SCC#N)c3ccccc32)C[C@H](C)O1. The summed E-state index contributed by atoms with van der Waals surface area (Å²) in [5.41, 5.74) is 1.03. The first-order valence-electron chi connectivity index (χ1n) is 8.09. The predicted molar refractivity (Wildman–Crippen MR) is 94.9 cm³/mol. The van der Waals surface area contributed by atoms with E-state index in [2.05, 4.69) is 6.07 Å². The Labute approximate surface area is 146 Å². The Morgan fingerprint density at radius 2 is 2.04 bits per heavy atom. The zero-order valence-corrected chi connectivity index (χ0v) is 14.8. The molecule has 6 heteroatoms. The molecule has 1 amide bonds. The van der Waals surface area contributed by atoms with Crippen LogP contribution in [0.5, 0.6) is 0 Å². The summed E-state index contributed by atoms with van der Waals surface area (Å²) >= 11 is 1.51. The van der Waals surface area contributed by atoms with E-state index in [-0.39, 0.29) is 18.1 Å². The van der Waals surface area contributed by atoms with Gasteiger partial charge in [0.2, 0.25) is 5.91 Å². The van der Waals surface area contributed by atoms with E-state index in [1.54, 1.807) is 0 Å². The second-order valence-corrected chi connectivity index (χ2v) is 7.16. The molecule has 1 aromatic carbocycles. The molecule has 1 aliphatic rings. The van der Waals surface area contributed by atoms with Crippen LogP contribution in [0.2, 0.25) is 0 Å².